The number of nitrogen functional groups attached to an aromatic ring is 1. The number of nitrogens with zero attached hydrogens (tertiary/aromatic N) is 3. The average molecular weight is 278 g/mol. The fraction of sp³-hybridized carbons (Fsp3) is 0.250. The Kier molecular flexibility index (Phi) is 4.06. The van der Waals surface area contributed by atoms with Crippen molar-refractivity contribution < 1.29 is 9.90 Å². The zero-order valence-electron chi connectivity index (χ0n) is 10.4. The lowest BCUT2D eigenvalue weighted by atomic mass is 10.1. The number of nitrogens with two attached hydrogens (primary N) is 1. The van der Waals surface area contributed by atoms with Crippen LogP contribution in [0, 0.1) is 0 Å². The highest BCUT2D eigenvalue weighted by atomic mass is 32.2. The van der Waals surface area contributed by atoms with Gasteiger partial charge in [0.25, 0.3) is 0 Å². The van der Waals surface area contributed by atoms with E-state index in [2.05, 4.69) is 10.2 Å². The maximum Gasteiger partial charge on any atom is 0.335 e. The Labute approximate surface area is 114 Å². The van der Waals surface area contributed by atoms with E-state index in [0.29, 0.717) is 28.7 Å². The monoisotopic (exact) mass is 278 g/mol. The average Bonchev–Trinajstić information content (AvgIpc) is 2.77. The van der Waals surface area contributed by atoms with Gasteiger partial charge in [0.15, 0.2) is 5.82 Å². The lowest BCUT2D eigenvalue weighted by Crippen LogP contribution is -2.13. The van der Waals surface area contributed by atoms with Crippen LogP contribution in [0.4, 0.5) is 0 Å². The third-order valence-electron chi connectivity index (χ3n) is 2.66. The van der Waals surface area contributed by atoms with E-state index in [1.807, 2.05) is 13.0 Å². The summed E-state index contributed by atoms with van der Waals surface area (Å²) in [4.78, 5) is 11.1. The van der Waals surface area contributed by atoms with Crippen LogP contribution in [0.2, 0.25) is 0 Å². The van der Waals surface area contributed by atoms with Crippen molar-refractivity contribution in [3.8, 4) is 0 Å². The molecule has 0 amide bonds. The molecular formula is C12H14N4O2S. The number of aromatic carboxylic acids is 1. The Hall–Kier alpha value is -2.02. The summed E-state index contributed by atoms with van der Waals surface area (Å²) in [6, 6.07) is 6.89. The molecule has 6 nitrogen and oxygen atoms in total. The first-order valence-electron chi connectivity index (χ1n) is 5.76. The predicted molar refractivity (Wildman–Crippen MR) is 72.5 cm³/mol. The van der Waals surface area contributed by atoms with E-state index in [0.717, 1.165) is 5.56 Å². The Morgan fingerprint density at radius 1 is 1.42 bits per heavy atom. The molecule has 0 unspecified atom stereocenters. The Morgan fingerprint density at radius 2 is 2.16 bits per heavy atom. The van der Waals surface area contributed by atoms with Gasteiger partial charge in [-0.15, -0.1) is 10.2 Å². The van der Waals surface area contributed by atoms with E-state index in [1.165, 1.54) is 16.4 Å². The third-order valence-corrected chi connectivity index (χ3v) is 3.65. The molecule has 2 rings (SSSR count). The van der Waals surface area contributed by atoms with Gasteiger partial charge in [0, 0.05) is 12.2 Å². The normalized spacial score (nSPS) is 10.6. The van der Waals surface area contributed by atoms with Crippen LogP contribution in [0.1, 0.15) is 28.7 Å². The predicted octanol–water partition coefficient (Wildman–Crippen LogP) is 1.54. The minimum atomic E-state index is -0.931. The van der Waals surface area contributed by atoms with Gasteiger partial charge in [-0.2, -0.15) is 0 Å². The van der Waals surface area contributed by atoms with Gasteiger partial charge in [0.05, 0.1) is 5.56 Å². The second kappa shape index (κ2) is 5.75. The number of thioether (sulfide) groups is 1. The number of rotatable bonds is 5. The first-order valence-corrected chi connectivity index (χ1v) is 6.75. The second-order valence-electron chi connectivity index (χ2n) is 3.87. The lowest BCUT2D eigenvalue weighted by Gasteiger charge is -2.05. The standard InChI is InChI=1S/C12H14N4O2S/c1-2-10-14-15-12(16(10)13)19-7-8-5-3-4-6-9(8)11(17)18/h3-6H,2,7,13H2,1H3,(H,17,18). The number of benzene rings is 1. The number of aryl methyl sites for hydroxylation is 1. The minimum absolute atomic E-state index is 0.300. The Balaban J connectivity index is 2.14. The molecule has 0 aliphatic carbocycles. The molecule has 0 fully saturated rings. The molecule has 0 atom stereocenters. The molecule has 0 spiro atoms. The summed E-state index contributed by atoms with van der Waals surface area (Å²) in [6.07, 6.45) is 0.704. The van der Waals surface area contributed by atoms with Crippen LogP contribution in [-0.4, -0.2) is 25.9 Å². The van der Waals surface area contributed by atoms with Gasteiger partial charge in [0.2, 0.25) is 5.16 Å². The largest absolute Gasteiger partial charge is 0.478 e. The van der Waals surface area contributed by atoms with Gasteiger partial charge in [0.1, 0.15) is 0 Å². The van der Waals surface area contributed by atoms with Crippen molar-refractivity contribution in [2.24, 2.45) is 0 Å². The first-order chi connectivity index (χ1) is 9.13. The van der Waals surface area contributed by atoms with Crippen molar-refractivity contribution in [1.29, 1.82) is 0 Å². The van der Waals surface area contributed by atoms with Crippen LogP contribution in [0.25, 0.3) is 0 Å². The molecule has 0 radical (unpaired) electrons. The van der Waals surface area contributed by atoms with Crippen LogP contribution >= 0.6 is 11.8 Å². The quantitative estimate of drug-likeness (QED) is 0.636. The van der Waals surface area contributed by atoms with Crippen LogP contribution < -0.4 is 5.84 Å². The molecule has 0 aliphatic rings. The highest BCUT2D eigenvalue weighted by Crippen LogP contribution is 2.22. The number of carboxylic acid groups (broad SMARTS) is 1. The van der Waals surface area contributed by atoms with Crippen molar-refractivity contribution in [3.63, 3.8) is 0 Å². The van der Waals surface area contributed by atoms with Gasteiger partial charge >= 0.3 is 5.97 Å². The summed E-state index contributed by atoms with van der Waals surface area (Å²) >= 11 is 1.37. The van der Waals surface area contributed by atoms with Gasteiger partial charge in [-0.3, -0.25) is 0 Å². The first kappa shape index (κ1) is 13.4. The lowest BCUT2D eigenvalue weighted by molar-refractivity contribution is 0.0696. The molecule has 7 heteroatoms. The maximum atomic E-state index is 11.1. The molecule has 1 aromatic carbocycles. The molecular weight excluding hydrogens is 264 g/mol. The molecule has 19 heavy (non-hydrogen) atoms. The van der Waals surface area contributed by atoms with E-state index in [1.54, 1.807) is 18.2 Å². The van der Waals surface area contributed by atoms with Gasteiger partial charge in [-0.1, -0.05) is 36.9 Å². The van der Waals surface area contributed by atoms with E-state index >= 15 is 0 Å². The van der Waals surface area contributed by atoms with E-state index in [9.17, 15) is 4.79 Å². The topological polar surface area (TPSA) is 94.0 Å². The summed E-state index contributed by atoms with van der Waals surface area (Å²) in [6.45, 7) is 1.95. The van der Waals surface area contributed by atoms with Crippen LogP contribution in [0.5, 0.6) is 0 Å². The molecule has 0 saturated carbocycles. The number of carbonyl (C=O) groups is 1. The molecule has 100 valence electrons. The number of hydrogen-bond acceptors (Lipinski definition) is 5. The van der Waals surface area contributed by atoms with Gasteiger partial charge < -0.3 is 10.9 Å². The Morgan fingerprint density at radius 3 is 2.79 bits per heavy atom. The summed E-state index contributed by atoms with van der Waals surface area (Å²) < 4.78 is 1.44. The smallest absolute Gasteiger partial charge is 0.335 e. The van der Waals surface area contributed by atoms with Crippen molar-refractivity contribution >= 4 is 17.7 Å². The summed E-state index contributed by atoms with van der Waals surface area (Å²) in [7, 11) is 0. The van der Waals surface area contributed by atoms with E-state index < -0.39 is 5.97 Å². The molecule has 1 aromatic heterocycles. The van der Waals surface area contributed by atoms with Crippen molar-refractivity contribution in [1.82, 2.24) is 14.9 Å². The molecule has 0 bridgehead atoms. The van der Waals surface area contributed by atoms with E-state index in [4.69, 9.17) is 10.9 Å². The minimum Gasteiger partial charge on any atom is -0.478 e. The van der Waals surface area contributed by atoms with Crippen molar-refractivity contribution in [2.45, 2.75) is 24.3 Å². The van der Waals surface area contributed by atoms with Crippen LogP contribution in [-0.2, 0) is 12.2 Å². The fourth-order valence-electron chi connectivity index (χ4n) is 1.64. The summed E-state index contributed by atoms with van der Waals surface area (Å²) in [5, 5.41) is 17.6. The second-order valence-corrected chi connectivity index (χ2v) is 4.82. The summed E-state index contributed by atoms with van der Waals surface area (Å²) in [5.74, 6) is 6.09. The van der Waals surface area contributed by atoms with Gasteiger partial charge in [-0.05, 0) is 11.6 Å². The number of carboxylic acids is 1. The Bertz CT molecular complexity index is 597. The van der Waals surface area contributed by atoms with Crippen LogP contribution in [0.15, 0.2) is 29.4 Å². The number of aromatic nitrogens is 3. The van der Waals surface area contributed by atoms with Crippen LogP contribution in [0.3, 0.4) is 0 Å². The van der Waals surface area contributed by atoms with E-state index in [-0.39, 0.29) is 0 Å². The SMILES string of the molecule is CCc1nnc(SCc2ccccc2C(=O)O)n1N. The zero-order chi connectivity index (χ0) is 13.8. The highest BCUT2D eigenvalue weighted by molar-refractivity contribution is 7.98. The maximum absolute atomic E-state index is 11.1. The fourth-order valence-corrected chi connectivity index (χ4v) is 2.52. The molecule has 1 heterocycles. The van der Waals surface area contributed by atoms with Gasteiger partial charge in [-0.25, -0.2) is 9.47 Å². The zero-order valence-corrected chi connectivity index (χ0v) is 11.2. The van der Waals surface area contributed by atoms with Crippen molar-refractivity contribution in [3.05, 3.63) is 41.2 Å². The highest BCUT2D eigenvalue weighted by Gasteiger charge is 2.12. The summed E-state index contributed by atoms with van der Waals surface area (Å²) in [5.41, 5.74) is 1.04. The van der Waals surface area contributed by atoms with Crippen molar-refractivity contribution in [2.75, 3.05) is 5.84 Å². The molecule has 2 aromatic rings. The molecule has 3 N–H and O–H groups in total. The molecule has 0 aliphatic heterocycles. The molecule has 0 saturated heterocycles. The number of hydrogen-bond donors (Lipinski definition) is 2. The third kappa shape index (κ3) is 2.87.